The van der Waals surface area contributed by atoms with E-state index in [9.17, 15) is 10.1 Å². The van der Waals surface area contributed by atoms with E-state index in [0.717, 1.165) is 11.1 Å². The third kappa shape index (κ3) is 4.22. The normalized spacial score (nSPS) is 19.6. The molecule has 1 aliphatic heterocycles. The summed E-state index contributed by atoms with van der Waals surface area (Å²) in [5, 5.41) is 12.8. The zero-order valence-electron chi connectivity index (χ0n) is 14.7. The summed E-state index contributed by atoms with van der Waals surface area (Å²) in [6.07, 6.45) is 0.519. The fraction of sp³-hybridized carbons (Fsp3) is 0.333. The molecule has 3 rings (SSSR count). The zero-order valence-corrected chi connectivity index (χ0v) is 14.7. The Labute approximate surface area is 154 Å². The van der Waals surface area contributed by atoms with Crippen molar-refractivity contribution in [2.75, 3.05) is 19.6 Å². The van der Waals surface area contributed by atoms with E-state index in [2.05, 4.69) is 11.4 Å². The third-order valence-corrected chi connectivity index (χ3v) is 4.75. The van der Waals surface area contributed by atoms with E-state index >= 15 is 0 Å². The Bertz CT molecular complexity index is 758. The van der Waals surface area contributed by atoms with Gasteiger partial charge < -0.3 is 10.1 Å². The summed E-state index contributed by atoms with van der Waals surface area (Å²) in [5.41, 5.74) is 1.46. The minimum Gasteiger partial charge on any atom is -0.445 e. The summed E-state index contributed by atoms with van der Waals surface area (Å²) < 4.78 is 5.56. The van der Waals surface area contributed by atoms with Crippen LogP contribution < -0.4 is 5.32 Å². The Kier molecular flexibility index (Phi) is 5.88. The predicted octanol–water partition coefficient (Wildman–Crippen LogP) is 3.12. The van der Waals surface area contributed by atoms with Crippen LogP contribution in [0.15, 0.2) is 60.7 Å². The van der Waals surface area contributed by atoms with Crippen molar-refractivity contribution in [1.82, 2.24) is 10.2 Å². The van der Waals surface area contributed by atoms with E-state index < -0.39 is 5.54 Å². The molecule has 134 valence electrons. The summed E-state index contributed by atoms with van der Waals surface area (Å²) >= 11 is 0. The lowest BCUT2D eigenvalue weighted by molar-refractivity contribution is 0.0324. The van der Waals surface area contributed by atoms with Gasteiger partial charge in [-0.25, -0.2) is 4.79 Å². The van der Waals surface area contributed by atoms with Gasteiger partial charge in [0, 0.05) is 19.6 Å². The molecule has 1 unspecified atom stereocenters. The number of nitrogens with zero attached hydrogens (tertiary/aromatic N) is 2. The second-order valence-electron chi connectivity index (χ2n) is 6.59. The lowest BCUT2D eigenvalue weighted by Gasteiger charge is -2.45. The van der Waals surface area contributed by atoms with Crippen LogP contribution in [0.2, 0.25) is 0 Å². The average Bonchev–Trinajstić information content (AvgIpc) is 2.68. The van der Waals surface area contributed by atoms with Gasteiger partial charge in [0.1, 0.15) is 6.61 Å². The van der Waals surface area contributed by atoms with Crippen molar-refractivity contribution < 1.29 is 9.53 Å². The van der Waals surface area contributed by atoms with Crippen molar-refractivity contribution in [3.63, 3.8) is 0 Å². The first-order valence-corrected chi connectivity index (χ1v) is 8.83. The van der Waals surface area contributed by atoms with Crippen LogP contribution in [0.1, 0.15) is 17.5 Å². The molecule has 1 saturated heterocycles. The first-order chi connectivity index (χ1) is 12.7. The summed E-state index contributed by atoms with van der Waals surface area (Å²) in [7, 11) is 0. The molecule has 1 atom stereocenters. The molecule has 2 aromatic rings. The van der Waals surface area contributed by atoms with Crippen LogP contribution >= 0.6 is 0 Å². The highest BCUT2D eigenvalue weighted by Crippen LogP contribution is 2.27. The molecule has 0 aromatic heterocycles. The Hall–Kier alpha value is -2.84. The molecule has 26 heavy (non-hydrogen) atoms. The van der Waals surface area contributed by atoms with Gasteiger partial charge in [-0.15, -0.1) is 0 Å². The van der Waals surface area contributed by atoms with E-state index in [0.29, 0.717) is 26.1 Å². The second-order valence-corrected chi connectivity index (χ2v) is 6.59. The van der Waals surface area contributed by atoms with Crippen LogP contribution in [0.5, 0.6) is 0 Å². The van der Waals surface area contributed by atoms with Gasteiger partial charge in [-0.1, -0.05) is 60.7 Å². The van der Waals surface area contributed by atoms with Gasteiger partial charge in [0.15, 0.2) is 0 Å². The molecule has 1 amide bonds. The van der Waals surface area contributed by atoms with E-state index in [-0.39, 0.29) is 19.1 Å². The largest absolute Gasteiger partial charge is 0.445 e. The van der Waals surface area contributed by atoms with Crippen LogP contribution in [0.3, 0.4) is 0 Å². The molecule has 5 heteroatoms. The summed E-state index contributed by atoms with van der Waals surface area (Å²) in [4.78, 5) is 14.6. The van der Waals surface area contributed by atoms with Crippen LogP contribution in [0.25, 0.3) is 0 Å². The molecule has 1 fully saturated rings. The first kappa shape index (κ1) is 18.0. The molecule has 1 heterocycles. The van der Waals surface area contributed by atoms with E-state index in [4.69, 9.17) is 4.74 Å². The number of nitriles is 1. The molecular weight excluding hydrogens is 326 g/mol. The number of rotatable bonds is 5. The molecule has 2 aromatic carbocycles. The number of nitrogens with one attached hydrogen (secondary N) is 1. The zero-order chi connectivity index (χ0) is 18.2. The van der Waals surface area contributed by atoms with E-state index in [1.807, 2.05) is 60.7 Å². The molecule has 5 nitrogen and oxygen atoms in total. The quantitative estimate of drug-likeness (QED) is 0.901. The summed E-state index contributed by atoms with van der Waals surface area (Å²) in [5.74, 6) is 0. The van der Waals surface area contributed by atoms with Crippen LogP contribution in [0, 0.1) is 11.3 Å². The van der Waals surface area contributed by atoms with Crippen molar-refractivity contribution >= 4 is 6.09 Å². The number of amides is 1. The van der Waals surface area contributed by atoms with Crippen molar-refractivity contribution in [3.8, 4) is 6.07 Å². The molecule has 0 aliphatic carbocycles. The number of piperazine rings is 1. The molecule has 0 spiro atoms. The first-order valence-electron chi connectivity index (χ1n) is 8.83. The van der Waals surface area contributed by atoms with Gasteiger partial charge >= 0.3 is 6.09 Å². The molecular formula is C21H23N3O2. The standard InChI is InChI=1S/C21H23N3O2/c22-12-11-21(15-18-7-3-1-4-8-18)17-23-13-14-24(21)20(25)26-16-19-9-5-2-6-10-19/h1-10,23H,11,13-17H2. The summed E-state index contributed by atoms with van der Waals surface area (Å²) in [6, 6.07) is 21.9. The smallest absolute Gasteiger partial charge is 0.410 e. The SMILES string of the molecule is N#CCC1(Cc2ccccc2)CNCCN1C(=O)OCc1ccccc1. The number of ether oxygens (including phenoxy) is 1. The maximum absolute atomic E-state index is 12.8. The van der Waals surface area contributed by atoms with Gasteiger partial charge in [-0.2, -0.15) is 5.26 Å². The van der Waals surface area contributed by atoms with Gasteiger partial charge in [-0.3, -0.25) is 4.90 Å². The van der Waals surface area contributed by atoms with Crippen molar-refractivity contribution in [3.05, 3.63) is 71.8 Å². The van der Waals surface area contributed by atoms with Crippen LogP contribution in [-0.4, -0.2) is 36.2 Å². The number of carbonyl (C=O) groups is 1. The monoisotopic (exact) mass is 349 g/mol. The Morgan fingerprint density at radius 3 is 2.42 bits per heavy atom. The maximum Gasteiger partial charge on any atom is 0.410 e. The molecule has 0 radical (unpaired) electrons. The molecule has 0 saturated carbocycles. The highest BCUT2D eigenvalue weighted by molar-refractivity contribution is 5.69. The maximum atomic E-state index is 12.8. The van der Waals surface area contributed by atoms with Crippen molar-refractivity contribution in [2.45, 2.75) is 25.0 Å². The Morgan fingerprint density at radius 2 is 1.77 bits per heavy atom. The van der Waals surface area contributed by atoms with Gasteiger partial charge in [-0.05, 0) is 17.5 Å². The third-order valence-electron chi connectivity index (χ3n) is 4.75. The minimum atomic E-state index is -0.595. The lowest BCUT2D eigenvalue weighted by atomic mass is 9.84. The number of carbonyl (C=O) groups excluding carboxylic acids is 1. The highest BCUT2D eigenvalue weighted by atomic mass is 16.6. The highest BCUT2D eigenvalue weighted by Gasteiger charge is 2.42. The van der Waals surface area contributed by atoms with Crippen LogP contribution in [0.4, 0.5) is 4.79 Å². The predicted molar refractivity (Wildman–Crippen MR) is 99.3 cm³/mol. The van der Waals surface area contributed by atoms with Crippen LogP contribution in [-0.2, 0) is 17.8 Å². The fourth-order valence-electron chi connectivity index (χ4n) is 3.43. The van der Waals surface area contributed by atoms with Crippen molar-refractivity contribution in [2.24, 2.45) is 0 Å². The van der Waals surface area contributed by atoms with Gasteiger partial charge in [0.25, 0.3) is 0 Å². The second kappa shape index (κ2) is 8.50. The number of hydrogen-bond acceptors (Lipinski definition) is 4. The molecule has 1 N–H and O–H groups in total. The Morgan fingerprint density at radius 1 is 1.12 bits per heavy atom. The van der Waals surface area contributed by atoms with E-state index in [1.165, 1.54) is 0 Å². The average molecular weight is 349 g/mol. The number of hydrogen-bond donors (Lipinski definition) is 1. The Balaban J connectivity index is 1.77. The van der Waals surface area contributed by atoms with Crippen molar-refractivity contribution in [1.29, 1.82) is 5.26 Å². The summed E-state index contributed by atoms with van der Waals surface area (Å²) in [6.45, 7) is 2.04. The molecule has 0 bridgehead atoms. The minimum absolute atomic E-state index is 0.234. The topological polar surface area (TPSA) is 65.4 Å². The molecule has 1 aliphatic rings. The fourth-order valence-corrected chi connectivity index (χ4v) is 3.43. The lowest BCUT2D eigenvalue weighted by Crippen LogP contribution is -2.64. The van der Waals surface area contributed by atoms with Gasteiger partial charge in [0.05, 0.1) is 18.0 Å². The van der Waals surface area contributed by atoms with Gasteiger partial charge in [0.2, 0.25) is 0 Å². The number of benzene rings is 2. The van der Waals surface area contributed by atoms with E-state index in [1.54, 1.807) is 4.90 Å².